The molecule has 2 spiro atoms. The van der Waals surface area contributed by atoms with E-state index in [9.17, 15) is 24.3 Å². The van der Waals surface area contributed by atoms with Crippen molar-refractivity contribution < 1.29 is 37.7 Å². The molecule has 4 N–H and O–H groups in total. The maximum Gasteiger partial charge on any atom is 0.329 e. The Kier molecular flexibility index (Phi) is 11.3. The topological polar surface area (TPSA) is 182 Å². The predicted octanol–water partition coefficient (Wildman–Crippen LogP) is 6.64. The number of ether oxygens (including phenoxy) is 3. The number of carbonyl (C=O) groups is 2. The summed E-state index contributed by atoms with van der Waals surface area (Å²) in [6.45, 7) is 5.58. The number of hydrogen-bond donors (Lipinski definition) is 4. The Hall–Kier alpha value is -5.68. The minimum absolute atomic E-state index is 0.0258. The lowest BCUT2D eigenvalue weighted by atomic mass is 9.59. The average Bonchev–Trinajstić information content (AvgIpc) is 3.80. The number of nitrogens with zero attached hydrogens (tertiary/aromatic N) is 7. The molecule has 3 aromatic carbocycles. The van der Waals surface area contributed by atoms with Gasteiger partial charge in [0, 0.05) is 94.0 Å². The van der Waals surface area contributed by atoms with E-state index in [2.05, 4.69) is 36.3 Å². The monoisotopic (exact) mass is 896 g/mol. The molecule has 3 amide bonds. The number of fused-ring (bicyclic) bond motifs is 1. The Bertz CT molecular complexity index is 2540. The molecular weight excluding hydrogens is 847 g/mol. The number of nitrogens with one attached hydrogen (secondary N) is 3. The second-order valence-corrected chi connectivity index (χ2v) is 19.1. The Balaban J connectivity index is 0.679. The van der Waals surface area contributed by atoms with Crippen LogP contribution >= 0.6 is 11.9 Å². The Morgan fingerprint density at radius 3 is 2.58 bits per heavy atom. The van der Waals surface area contributed by atoms with Gasteiger partial charge < -0.3 is 39.2 Å². The number of urea groups is 1. The van der Waals surface area contributed by atoms with Crippen molar-refractivity contribution in [3.8, 4) is 23.3 Å². The van der Waals surface area contributed by atoms with Crippen LogP contribution in [-0.2, 0) is 21.3 Å². The second-order valence-electron chi connectivity index (χ2n) is 18.0. The van der Waals surface area contributed by atoms with Crippen molar-refractivity contribution in [2.24, 2.45) is 17.5 Å². The van der Waals surface area contributed by atoms with Gasteiger partial charge in [0.15, 0.2) is 17.4 Å². The van der Waals surface area contributed by atoms with Crippen LogP contribution in [0.2, 0.25) is 0 Å². The number of rotatable bonds is 11. The van der Waals surface area contributed by atoms with E-state index in [-0.39, 0.29) is 64.6 Å². The third-order valence-corrected chi connectivity index (χ3v) is 14.9. The molecule has 5 saturated heterocycles. The number of phenolic OH excluding ortho intramolecular Hbond substituents is 1. The van der Waals surface area contributed by atoms with E-state index in [0.29, 0.717) is 59.4 Å². The van der Waals surface area contributed by atoms with E-state index in [1.165, 1.54) is 41.1 Å². The van der Waals surface area contributed by atoms with Crippen molar-refractivity contribution >= 4 is 64.0 Å². The number of carbonyl (C=O) groups excluding carboxylic acids is 2. The van der Waals surface area contributed by atoms with E-state index < -0.39 is 11.8 Å². The lowest BCUT2D eigenvalue weighted by Crippen LogP contribution is -2.67. The van der Waals surface area contributed by atoms with Gasteiger partial charge in [0.25, 0.3) is 0 Å². The summed E-state index contributed by atoms with van der Waals surface area (Å²) in [5, 5.41) is 31.4. The first kappa shape index (κ1) is 42.3. The van der Waals surface area contributed by atoms with Crippen LogP contribution in [0.5, 0.6) is 17.2 Å². The number of imide groups is 1. The summed E-state index contributed by atoms with van der Waals surface area (Å²) in [6, 6.07) is 12.6. The number of anilines is 4. The predicted molar refractivity (Wildman–Crippen MR) is 238 cm³/mol. The highest BCUT2D eigenvalue weighted by molar-refractivity contribution is 8.01. The number of aromatic hydroxyl groups is 1. The van der Waals surface area contributed by atoms with Crippen molar-refractivity contribution in [3.63, 3.8) is 0 Å². The van der Waals surface area contributed by atoms with Crippen LogP contribution in [0.3, 0.4) is 0 Å². The van der Waals surface area contributed by atoms with Crippen LogP contribution in [0, 0.1) is 28.4 Å². The summed E-state index contributed by atoms with van der Waals surface area (Å²) < 4.78 is 53.1. The highest BCUT2D eigenvalue weighted by Gasteiger charge is 2.55. The fourth-order valence-corrected chi connectivity index (χ4v) is 11.1. The number of benzene rings is 3. The highest BCUT2D eigenvalue weighted by Crippen LogP contribution is 2.53. The third-order valence-electron chi connectivity index (χ3n) is 13.8. The minimum atomic E-state index is -0.687. The second kappa shape index (κ2) is 17.0. The molecule has 4 aromatic rings. The molecule has 1 atom stereocenters. The number of likely N-dealkylation sites (tertiary alicyclic amines) is 1. The van der Waals surface area contributed by atoms with Crippen molar-refractivity contribution in [3.05, 3.63) is 59.7 Å². The number of nitriles is 1. The smallest absolute Gasteiger partial charge is 0.329 e. The van der Waals surface area contributed by atoms with Crippen LogP contribution in [0.25, 0.3) is 10.9 Å². The van der Waals surface area contributed by atoms with E-state index in [0.717, 1.165) is 76.6 Å². The molecule has 19 heteroatoms. The molecule has 0 radical (unpaired) electrons. The number of amides is 3. The number of aromatic nitrogens is 2. The first-order valence-electron chi connectivity index (χ1n) is 21.9. The quantitative estimate of drug-likeness (QED) is 0.0545. The number of piperidine rings is 1. The number of aliphatic imine (C=N–C) groups is 1. The lowest BCUT2D eigenvalue weighted by Gasteiger charge is -2.62. The molecule has 6 fully saturated rings. The van der Waals surface area contributed by atoms with Gasteiger partial charge in [-0.05, 0) is 86.9 Å². The molecule has 0 bridgehead atoms. The maximum absolute atomic E-state index is 15.6. The molecular formula is C45H50F2N10O6S. The fourth-order valence-electron chi connectivity index (χ4n) is 10.2. The summed E-state index contributed by atoms with van der Waals surface area (Å²) >= 11 is 1.49. The average molecular weight is 897 g/mol. The van der Waals surface area contributed by atoms with Crippen LogP contribution in [-0.4, -0.2) is 114 Å². The molecule has 16 nitrogen and oxygen atoms in total. The van der Waals surface area contributed by atoms with Crippen molar-refractivity contribution in [1.82, 2.24) is 20.0 Å². The zero-order chi connectivity index (χ0) is 44.2. The largest absolute Gasteiger partial charge is 0.506 e. The van der Waals surface area contributed by atoms with E-state index in [1.54, 1.807) is 30.2 Å². The first-order chi connectivity index (χ1) is 31.0. The lowest BCUT2D eigenvalue weighted by molar-refractivity contribution is -0.120. The maximum atomic E-state index is 15.6. The standard InChI is InChI=1S/C45H50F2N10O6S/c1-54-37-18-38(34(47)17-31(37)42(52-54)57-11-6-40(59)51-43(57)60)56-24-44(25-56)20-28(21-44)55-12-9-45(10-13-55)19-27(23-62-45)49-26-50-36-4-2-29(16-39(36)58)63-41-32(22-48)35(5-3-33(41)46)53-64-30-7-14-61-15-8-30/h2-5,16-18,26-28,30,53,58H,6-15,19-21,23-25H2,1H3,(H,49,50)(H,51,59,60). The molecule has 1 aromatic heterocycles. The SMILES string of the molecule is Cn1nc(N2CCC(=O)NC2=O)c2cc(F)c(N3CC4(CC(N5CCC6(CC5)CC(N=CNc5ccc(Oc7c(F)ccc(NSC8CCOCC8)c7C#N)cc5O)CO6)C4)C3)cc21. The molecule has 10 rings (SSSR count). The number of aryl methyl sites for hydroxylation is 1. The zero-order valence-electron chi connectivity index (χ0n) is 35.4. The highest BCUT2D eigenvalue weighted by atomic mass is 32.2. The third kappa shape index (κ3) is 8.16. The molecule has 1 saturated carbocycles. The first-order valence-corrected chi connectivity index (χ1v) is 22.8. The summed E-state index contributed by atoms with van der Waals surface area (Å²) in [4.78, 5) is 35.0. The van der Waals surface area contributed by atoms with Gasteiger partial charge in [0.2, 0.25) is 5.91 Å². The summed E-state index contributed by atoms with van der Waals surface area (Å²) in [6.07, 6.45) is 8.34. The number of phenols is 1. The van der Waals surface area contributed by atoms with Gasteiger partial charge in [-0.25, -0.2) is 13.6 Å². The minimum Gasteiger partial charge on any atom is -0.506 e. The Labute approximate surface area is 373 Å². The summed E-state index contributed by atoms with van der Waals surface area (Å²) in [5.41, 5.74) is 2.13. The molecule has 1 aliphatic carbocycles. The molecule has 1 unspecified atom stereocenters. The van der Waals surface area contributed by atoms with Gasteiger partial charge in [0.1, 0.15) is 28.9 Å². The van der Waals surface area contributed by atoms with Crippen LogP contribution < -0.4 is 29.9 Å². The van der Waals surface area contributed by atoms with Gasteiger partial charge in [-0.15, -0.1) is 0 Å². The summed E-state index contributed by atoms with van der Waals surface area (Å²) in [5.74, 6) is -1.19. The van der Waals surface area contributed by atoms with E-state index >= 15 is 4.39 Å². The summed E-state index contributed by atoms with van der Waals surface area (Å²) in [7, 11) is 1.78. The van der Waals surface area contributed by atoms with Crippen molar-refractivity contribution in [2.45, 2.75) is 74.3 Å². The van der Waals surface area contributed by atoms with Crippen molar-refractivity contribution in [2.75, 3.05) is 72.4 Å². The molecule has 6 heterocycles. The van der Waals surface area contributed by atoms with Crippen LogP contribution in [0.4, 0.5) is 36.5 Å². The van der Waals surface area contributed by atoms with Gasteiger partial charge in [-0.3, -0.25) is 24.7 Å². The van der Waals surface area contributed by atoms with Gasteiger partial charge >= 0.3 is 6.03 Å². The Morgan fingerprint density at radius 1 is 1.05 bits per heavy atom. The van der Waals surface area contributed by atoms with Crippen molar-refractivity contribution in [1.29, 1.82) is 5.26 Å². The van der Waals surface area contributed by atoms with Gasteiger partial charge in [-0.1, -0.05) is 0 Å². The zero-order valence-corrected chi connectivity index (χ0v) is 36.3. The van der Waals surface area contributed by atoms with Gasteiger partial charge in [0.05, 0.1) is 47.2 Å². The number of halogens is 2. The van der Waals surface area contributed by atoms with Gasteiger partial charge in [-0.2, -0.15) is 10.4 Å². The normalized spacial score (nSPS) is 22.5. The molecule has 336 valence electrons. The van der Waals surface area contributed by atoms with Crippen LogP contribution in [0.15, 0.2) is 47.5 Å². The Morgan fingerprint density at radius 2 is 1.83 bits per heavy atom. The van der Waals surface area contributed by atoms with E-state index in [1.807, 2.05) is 6.07 Å². The molecule has 6 aliphatic rings. The molecule has 64 heavy (non-hydrogen) atoms. The number of hydrogen-bond acceptors (Lipinski definition) is 13. The fraction of sp³-hybridized carbons (Fsp3) is 0.489. The van der Waals surface area contributed by atoms with Crippen LogP contribution in [0.1, 0.15) is 56.9 Å². The molecule has 5 aliphatic heterocycles. The van der Waals surface area contributed by atoms with E-state index in [4.69, 9.17) is 19.2 Å².